The van der Waals surface area contributed by atoms with Crippen LogP contribution in [-0.2, 0) is 16.6 Å². The monoisotopic (exact) mass is 298 g/mol. The van der Waals surface area contributed by atoms with Crippen molar-refractivity contribution in [3.05, 3.63) is 35.4 Å². The number of rotatable bonds is 2. The number of piperazine rings is 1. The third-order valence-corrected chi connectivity index (χ3v) is 6.13. The number of carbonyl (C=O) groups excluding carboxylic acids is 1. The van der Waals surface area contributed by atoms with Crippen LogP contribution in [0.1, 0.15) is 37.3 Å². The summed E-state index contributed by atoms with van der Waals surface area (Å²) in [6, 6.07) is 8.82. The molecule has 118 valence electrons. The van der Waals surface area contributed by atoms with Gasteiger partial charge in [0.25, 0.3) is 0 Å². The zero-order valence-electron chi connectivity index (χ0n) is 13.6. The summed E-state index contributed by atoms with van der Waals surface area (Å²) >= 11 is 0. The van der Waals surface area contributed by atoms with E-state index in [-0.39, 0.29) is 11.3 Å². The molecule has 3 nitrogen and oxygen atoms in total. The minimum atomic E-state index is 0.188. The Balaban J connectivity index is 1.49. The van der Waals surface area contributed by atoms with E-state index in [4.69, 9.17) is 0 Å². The van der Waals surface area contributed by atoms with Crippen LogP contribution in [0.4, 0.5) is 0 Å². The molecule has 1 heterocycles. The summed E-state index contributed by atoms with van der Waals surface area (Å²) < 4.78 is 0. The summed E-state index contributed by atoms with van der Waals surface area (Å²) in [5.74, 6) is 0.676. The molecular formula is C19H26N2O. The third kappa shape index (κ3) is 2.18. The molecule has 1 amide bonds. The number of nitrogens with zero attached hydrogens (tertiary/aromatic N) is 2. The Hall–Kier alpha value is -1.35. The van der Waals surface area contributed by atoms with Crippen molar-refractivity contribution < 1.29 is 4.79 Å². The number of amides is 1. The number of likely N-dealkylation sites (N-methyl/N-ethyl adjacent to an activating group) is 1. The van der Waals surface area contributed by atoms with Crippen molar-refractivity contribution in [3.8, 4) is 0 Å². The van der Waals surface area contributed by atoms with Crippen molar-refractivity contribution >= 4 is 5.91 Å². The summed E-state index contributed by atoms with van der Waals surface area (Å²) in [5.41, 5.74) is 3.15. The molecule has 1 spiro atoms. The highest BCUT2D eigenvalue weighted by Crippen LogP contribution is 2.60. The van der Waals surface area contributed by atoms with Crippen LogP contribution in [0.15, 0.2) is 24.3 Å². The summed E-state index contributed by atoms with van der Waals surface area (Å²) in [4.78, 5) is 17.5. The van der Waals surface area contributed by atoms with Crippen molar-refractivity contribution in [2.75, 3.05) is 32.7 Å². The maximum atomic E-state index is 12.9. The Bertz CT molecular complexity index is 577. The average molecular weight is 298 g/mol. The van der Waals surface area contributed by atoms with E-state index in [2.05, 4.69) is 41.0 Å². The van der Waals surface area contributed by atoms with E-state index >= 15 is 0 Å². The van der Waals surface area contributed by atoms with Gasteiger partial charge in [-0.15, -0.1) is 0 Å². The number of hydrogen-bond donors (Lipinski definition) is 0. The van der Waals surface area contributed by atoms with Gasteiger partial charge < -0.3 is 9.80 Å². The van der Waals surface area contributed by atoms with Gasteiger partial charge in [0.2, 0.25) is 5.91 Å². The quantitative estimate of drug-likeness (QED) is 0.837. The first-order chi connectivity index (χ1) is 10.7. The highest BCUT2D eigenvalue weighted by molar-refractivity contribution is 5.85. The highest BCUT2D eigenvalue weighted by Gasteiger charge is 2.60. The predicted octanol–water partition coefficient (Wildman–Crippen LogP) is 2.44. The van der Waals surface area contributed by atoms with Crippen molar-refractivity contribution in [3.63, 3.8) is 0 Å². The van der Waals surface area contributed by atoms with Gasteiger partial charge in [-0.3, -0.25) is 4.79 Å². The molecule has 3 aliphatic rings. The molecule has 1 aromatic rings. The van der Waals surface area contributed by atoms with E-state index in [0.29, 0.717) is 5.91 Å². The molecule has 2 atom stereocenters. The van der Waals surface area contributed by atoms with Gasteiger partial charge >= 0.3 is 0 Å². The zero-order valence-corrected chi connectivity index (χ0v) is 13.6. The van der Waals surface area contributed by atoms with Crippen LogP contribution in [0, 0.1) is 5.92 Å². The highest BCUT2D eigenvalue weighted by atomic mass is 16.2. The molecule has 4 rings (SSSR count). The molecule has 0 unspecified atom stereocenters. The largest absolute Gasteiger partial charge is 0.340 e. The van der Waals surface area contributed by atoms with Gasteiger partial charge in [0.15, 0.2) is 0 Å². The Morgan fingerprint density at radius 3 is 2.77 bits per heavy atom. The molecule has 1 aliphatic heterocycles. The topological polar surface area (TPSA) is 23.6 Å². The Kier molecular flexibility index (Phi) is 3.48. The van der Waals surface area contributed by atoms with Gasteiger partial charge in [-0.2, -0.15) is 0 Å². The second-order valence-electron chi connectivity index (χ2n) is 7.18. The van der Waals surface area contributed by atoms with Gasteiger partial charge in [-0.25, -0.2) is 0 Å². The predicted molar refractivity (Wildman–Crippen MR) is 87.9 cm³/mol. The molecule has 22 heavy (non-hydrogen) atoms. The fourth-order valence-corrected chi connectivity index (χ4v) is 4.66. The van der Waals surface area contributed by atoms with E-state index in [1.54, 1.807) is 0 Å². The number of fused-ring (bicyclic) bond motifs is 2. The molecule has 0 aromatic heterocycles. The second-order valence-corrected chi connectivity index (χ2v) is 7.18. The van der Waals surface area contributed by atoms with Crippen molar-refractivity contribution in [2.24, 2.45) is 5.92 Å². The first-order valence-corrected chi connectivity index (χ1v) is 8.84. The minimum absolute atomic E-state index is 0.188. The SMILES string of the molecule is CCN1CCN(C(=O)[C@H]2C[C@@]23CCCc2ccccc23)CC1. The average Bonchev–Trinajstić information content (AvgIpc) is 3.29. The molecule has 2 aliphatic carbocycles. The van der Waals surface area contributed by atoms with Crippen molar-refractivity contribution in [2.45, 2.75) is 38.0 Å². The second kappa shape index (κ2) is 5.38. The van der Waals surface area contributed by atoms with Gasteiger partial charge in [-0.05, 0) is 43.4 Å². The van der Waals surface area contributed by atoms with Crippen molar-refractivity contribution in [1.29, 1.82) is 0 Å². The lowest BCUT2D eigenvalue weighted by molar-refractivity contribution is -0.134. The first-order valence-electron chi connectivity index (χ1n) is 8.84. The first kappa shape index (κ1) is 14.3. The van der Waals surface area contributed by atoms with Crippen LogP contribution in [-0.4, -0.2) is 48.4 Å². The van der Waals surface area contributed by atoms with Crippen LogP contribution in [0.2, 0.25) is 0 Å². The van der Waals surface area contributed by atoms with Gasteiger partial charge in [0, 0.05) is 37.5 Å². The van der Waals surface area contributed by atoms with E-state index in [0.717, 1.165) is 39.1 Å². The summed E-state index contributed by atoms with van der Waals surface area (Å²) in [7, 11) is 0. The lowest BCUT2D eigenvalue weighted by atomic mass is 9.78. The fraction of sp³-hybridized carbons (Fsp3) is 0.632. The fourth-order valence-electron chi connectivity index (χ4n) is 4.66. The van der Waals surface area contributed by atoms with Crippen LogP contribution >= 0.6 is 0 Å². The minimum Gasteiger partial charge on any atom is -0.340 e. The molecular weight excluding hydrogens is 272 g/mol. The number of aryl methyl sites for hydroxylation is 1. The Labute approximate surface area is 133 Å². The zero-order chi connectivity index (χ0) is 15.2. The van der Waals surface area contributed by atoms with Gasteiger partial charge in [-0.1, -0.05) is 31.2 Å². The van der Waals surface area contributed by atoms with Crippen LogP contribution in [0.25, 0.3) is 0 Å². The molecule has 0 bridgehead atoms. The maximum Gasteiger partial charge on any atom is 0.226 e. The molecule has 0 N–H and O–H groups in total. The van der Waals surface area contributed by atoms with Crippen LogP contribution in [0.5, 0.6) is 0 Å². The van der Waals surface area contributed by atoms with E-state index in [1.807, 2.05) is 0 Å². The smallest absolute Gasteiger partial charge is 0.226 e. The van der Waals surface area contributed by atoms with Gasteiger partial charge in [0.05, 0.1) is 0 Å². The van der Waals surface area contributed by atoms with Crippen LogP contribution < -0.4 is 0 Å². The summed E-state index contributed by atoms with van der Waals surface area (Å²) in [6.07, 6.45) is 4.71. The molecule has 1 saturated heterocycles. The molecule has 1 aromatic carbocycles. The van der Waals surface area contributed by atoms with Crippen LogP contribution in [0.3, 0.4) is 0 Å². The Morgan fingerprint density at radius 2 is 2.00 bits per heavy atom. The summed E-state index contributed by atoms with van der Waals surface area (Å²) in [6.45, 7) is 7.22. The lowest BCUT2D eigenvalue weighted by Crippen LogP contribution is -2.49. The standard InChI is InChI=1S/C19H26N2O/c1-2-20-10-12-21(13-11-20)18(22)17-14-19(17)9-5-7-15-6-3-4-8-16(15)19/h3-4,6,8,17H,2,5,7,9-14H2,1H3/t17-,19-/m1/s1. The lowest BCUT2D eigenvalue weighted by Gasteiger charge is -2.35. The van der Waals surface area contributed by atoms with E-state index in [1.165, 1.54) is 30.4 Å². The molecule has 2 fully saturated rings. The number of hydrogen-bond acceptors (Lipinski definition) is 2. The maximum absolute atomic E-state index is 12.9. The van der Waals surface area contributed by atoms with Crippen molar-refractivity contribution in [1.82, 2.24) is 9.80 Å². The van der Waals surface area contributed by atoms with E-state index in [9.17, 15) is 4.79 Å². The Morgan fingerprint density at radius 1 is 1.23 bits per heavy atom. The third-order valence-electron chi connectivity index (χ3n) is 6.13. The molecule has 1 saturated carbocycles. The molecule has 3 heteroatoms. The van der Waals surface area contributed by atoms with Gasteiger partial charge in [0.1, 0.15) is 0 Å². The normalized spacial score (nSPS) is 31.1. The number of benzene rings is 1. The number of carbonyl (C=O) groups is 1. The molecule has 0 radical (unpaired) electrons. The summed E-state index contributed by atoms with van der Waals surface area (Å²) in [5, 5.41) is 0. The van der Waals surface area contributed by atoms with E-state index < -0.39 is 0 Å².